The first kappa shape index (κ1) is 10.6. The summed E-state index contributed by atoms with van der Waals surface area (Å²) in [5.41, 5.74) is -0.249. The van der Waals surface area contributed by atoms with Crippen molar-refractivity contribution in [3.05, 3.63) is 18.0 Å². The van der Waals surface area contributed by atoms with Gasteiger partial charge >= 0.3 is 5.97 Å². The van der Waals surface area contributed by atoms with Crippen molar-refractivity contribution >= 4 is 5.97 Å². The molecule has 0 atom stereocenters. The molecule has 78 valence electrons. The first-order valence-corrected chi connectivity index (χ1v) is 4.00. The molecule has 6 heteroatoms. The molecule has 0 unspecified atom stereocenters. The van der Waals surface area contributed by atoms with Gasteiger partial charge in [-0.1, -0.05) is 0 Å². The van der Waals surface area contributed by atoms with Gasteiger partial charge in [-0.3, -0.25) is 9.48 Å². The third kappa shape index (κ3) is 2.51. The van der Waals surface area contributed by atoms with Crippen LogP contribution < -0.4 is 0 Å². The van der Waals surface area contributed by atoms with E-state index >= 15 is 0 Å². The second-order valence-electron chi connectivity index (χ2n) is 3.00. The number of nitrogens with zero attached hydrogens (tertiary/aromatic N) is 2. The summed E-state index contributed by atoms with van der Waals surface area (Å²) in [6.07, 6.45) is 0.972. The van der Waals surface area contributed by atoms with Crippen LogP contribution in [0.15, 0.2) is 12.4 Å². The van der Waals surface area contributed by atoms with Crippen molar-refractivity contribution in [3.8, 4) is 0 Å². The summed E-state index contributed by atoms with van der Waals surface area (Å²) in [7, 11) is 1.52. The smallest absolute Gasteiger partial charge is 0.303 e. The van der Waals surface area contributed by atoms with E-state index in [-0.39, 0.29) is 5.56 Å². The molecule has 0 spiro atoms. The Kier molecular flexibility index (Phi) is 2.83. The molecule has 1 heterocycles. The molecule has 4 nitrogen and oxygen atoms in total. The maximum absolute atomic E-state index is 13.2. The Morgan fingerprint density at radius 3 is 2.79 bits per heavy atom. The number of halogens is 2. The van der Waals surface area contributed by atoms with Gasteiger partial charge in [-0.05, 0) is 0 Å². The van der Waals surface area contributed by atoms with Crippen molar-refractivity contribution in [1.82, 2.24) is 9.78 Å². The van der Waals surface area contributed by atoms with Crippen LogP contribution in [0.2, 0.25) is 0 Å². The maximum atomic E-state index is 13.2. The zero-order chi connectivity index (χ0) is 10.8. The third-order valence-electron chi connectivity index (χ3n) is 1.78. The highest BCUT2D eigenvalue weighted by atomic mass is 19.3. The van der Waals surface area contributed by atoms with Crippen LogP contribution in [-0.2, 0) is 17.8 Å². The van der Waals surface area contributed by atoms with Crippen molar-refractivity contribution in [1.29, 1.82) is 0 Å². The Hall–Kier alpha value is -1.46. The molecule has 0 radical (unpaired) electrons. The lowest BCUT2D eigenvalue weighted by atomic mass is 10.1. The van der Waals surface area contributed by atoms with E-state index in [9.17, 15) is 13.6 Å². The molecule has 0 amide bonds. The number of aryl methyl sites for hydroxylation is 1. The van der Waals surface area contributed by atoms with Crippen LogP contribution in [0.3, 0.4) is 0 Å². The fourth-order valence-electron chi connectivity index (χ4n) is 1.02. The number of carbonyl (C=O) groups is 1. The summed E-state index contributed by atoms with van der Waals surface area (Å²) in [4.78, 5) is 10.1. The van der Waals surface area contributed by atoms with Gasteiger partial charge in [-0.15, -0.1) is 0 Å². The van der Waals surface area contributed by atoms with E-state index in [0.29, 0.717) is 0 Å². The number of hydrogen-bond donors (Lipinski definition) is 1. The standard InChI is InChI=1S/C8H10F2N2O2/c1-12-5-6(4-11-12)8(9,10)3-2-7(13)14/h4-5H,2-3H2,1H3,(H,13,14). The average molecular weight is 204 g/mol. The number of alkyl halides is 2. The largest absolute Gasteiger partial charge is 0.481 e. The minimum absolute atomic E-state index is 0.249. The quantitative estimate of drug-likeness (QED) is 0.805. The van der Waals surface area contributed by atoms with Crippen LogP contribution in [0.1, 0.15) is 18.4 Å². The number of carboxylic acids is 1. The highest BCUT2D eigenvalue weighted by molar-refractivity contribution is 5.66. The zero-order valence-corrected chi connectivity index (χ0v) is 7.57. The van der Waals surface area contributed by atoms with Crippen molar-refractivity contribution in [2.75, 3.05) is 0 Å². The molecule has 14 heavy (non-hydrogen) atoms. The van der Waals surface area contributed by atoms with Gasteiger partial charge in [0.25, 0.3) is 5.92 Å². The van der Waals surface area contributed by atoms with E-state index in [2.05, 4.69) is 5.10 Å². The summed E-state index contributed by atoms with van der Waals surface area (Å²) >= 11 is 0. The van der Waals surface area contributed by atoms with Gasteiger partial charge in [0.2, 0.25) is 0 Å². The molecular formula is C8H10F2N2O2. The molecule has 0 aliphatic carbocycles. The molecule has 1 N–H and O–H groups in total. The molecule has 1 aromatic rings. The summed E-state index contributed by atoms with van der Waals surface area (Å²) in [5.74, 6) is -4.35. The minimum Gasteiger partial charge on any atom is -0.481 e. The molecule has 0 aliphatic rings. The summed E-state index contributed by atoms with van der Waals surface area (Å²) in [6, 6.07) is 0. The predicted octanol–water partition coefficient (Wildman–Crippen LogP) is 1.38. The normalized spacial score (nSPS) is 11.6. The number of aliphatic carboxylic acids is 1. The van der Waals surface area contributed by atoms with Crippen LogP contribution in [0.5, 0.6) is 0 Å². The first-order chi connectivity index (χ1) is 6.42. The van der Waals surface area contributed by atoms with Gasteiger partial charge in [-0.2, -0.15) is 5.10 Å². The SMILES string of the molecule is Cn1cc(C(F)(F)CCC(=O)O)cn1. The van der Waals surface area contributed by atoms with Gasteiger partial charge in [0.05, 0.1) is 18.2 Å². The molecule has 0 saturated heterocycles. The molecule has 0 aromatic carbocycles. The molecule has 0 aliphatic heterocycles. The number of rotatable bonds is 4. The van der Waals surface area contributed by atoms with Crippen LogP contribution in [0, 0.1) is 0 Å². The van der Waals surface area contributed by atoms with Crippen molar-refractivity contribution in [2.45, 2.75) is 18.8 Å². The van der Waals surface area contributed by atoms with Crippen LogP contribution >= 0.6 is 0 Å². The van der Waals surface area contributed by atoms with Crippen molar-refractivity contribution in [2.24, 2.45) is 7.05 Å². The maximum Gasteiger partial charge on any atom is 0.303 e. The third-order valence-corrected chi connectivity index (χ3v) is 1.78. The Labute approximate surface area is 79.2 Å². The van der Waals surface area contributed by atoms with E-state index in [0.717, 1.165) is 6.20 Å². The second kappa shape index (κ2) is 3.73. The lowest BCUT2D eigenvalue weighted by Crippen LogP contribution is -2.14. The predicted molar refractivity (Wildman–Crippen MR) is 44.0 cm³/mol. The first-order valence-electron chi connectivity index (χ1n) is 4.00. The molecule has 0 saturated carbocycles. The Morgan fingerprint density at radius 1 is 1.71 bits per heavy atom. The van der Waals surface area contributed by atoms with Gasteiger partial charge in [0.1, 0.15) is 0 Å². The van der Waals surface area contributed by atoms with E-state index in [1.165, 1.54) is 17.9 Å². The zero-order valence-electron chi connectivity index (χ0n) is 7.57. The van der Waals surface area contributed by atoms with E-state index < -0.39 is 24.7 Å². The molecule has 1 aromatic heterocycles. The highest BCUT2D eigenvalue weighted by Gasteiger charge is 2.33. The summed E-state index contributed by atoms with van der Waals surface area (Å²) in [6.45, 7) is 0. The van der Waals surface area contributed by atoms with E-state index in [4.69, 9.17) is 5.11 Å². The Morgan fingerprint density at radius 2 is 2.36 bits per heavy atom. The van der Waals surface area contributed by atoms with Crippen LogP contribution in [-0.4, -0.2) is 20.9 Å². The van der Waals surface area contributed by atoms with Crippen LogP contribution in [0.25, 0.3) is 0 Å². The Bertz CT molecular complexity index is 336. The fourth-order valence-corrected chi connectivity index (χ4v) is 1.02. The van der Waals surface area contributed by atoms with Gasteiger partial charge in [0.15, 0.2) is 0 Å². The monoisotopic (exact) mass is 204 g/mol. The van der Waals surface area contributed by atoms with E-state index in [1.54, 1.807) is 0 Å². The molecule has 0 bridgehead atoms. The summed E-state index contributed by atoms with van der Waals surface area (Å²) < 4.78 is 27.7. The molecule has 0 fully saturated rings. The fraction of sp³-hybridized carbons (Fsp3) is 0.500. The average Bonchev–Trinajstić information content (AvgIpc) is 2.49. The van der Waals surface area contributed by atoms with Crippen molar-refractivity contribution in [3.63, 3.8) is 0 Å². The lowest BCUT2D eigenvalue weighted by Gasteiger charge is -2.12. The van der Waals surface area contributed by atoms with Gasteiger partial charge in [0, 0.05) is 19.7 Å². The number of aromatic nitrogens is 2. The highest BCUT2D eigenvalue weighted by Crippen LogP contribution is 2.32. The van der Waals surface area contributed by atoms with Crippen molar-refractivity contribution < 1.29 is 18.7 Å². The second-order valence-corrected chi connectivity index (χ2v) is 3.00. The Balaban J connectivity index is 2.69. The van der Waals surface area contributed by atoms with Crippen LogP contribution in [0.4, 0.5) is 8.78 Å². The van der Waals surface area contributed by atoms with Gasteiger partial charge < -0.3 is 5.11 Å². The number of carboxylic acid groups (broad SMARTS) is 1. The molecule has 1 rings (SSSR count). The molecular weight excluding hydrogens is 194 g/mol. The topological polar surface area (TPSA) is 55.1 Å². The summed E-state index contributed by atoms with van der Waals surface area (Å²) in [5, 5.41) is 11.9. The van der Waals surface area contributed by atoms with E-state index in [1.807, 2.05) is 0 Å². The van der Waals surface area contributed by atoms with Gasteiger partial charge in [-0.25, -0.2) is 8.78 Å². The number of hydrogen-bond acceptors (Lipinski definition) is 2. The lowest BCUT2D eigenvalue weighted by molar-refractivity contribution is -0.139. The minimum atomic E-state index is -3.12.